The van der Waals surface area contributed by atoms with E-state index in [1.54, 1.807) is 0 Å². The summed E-state index contributed by atoms with van der Waals surface area (Å²) in [6, 6.07) is 17.3. The Bertz CT molecular complexity index is 589. The van der Waals surface area contributed by atoms with Gasteiger partial charge in [-0.05, 0) is 54.6 Å². The molecule has 0 aliphatic heterocycles. The van der Waals surface area contributed by atoms with Crippen molar-refractivity contribution >= 4 is 11.6 Å². The molecule has 3 rings (SSSR count). The van der Waals surface area contributed by atoms with Crippen molar-refractivity contribution < 1.29 is 0 Å². The summed E-state index contributed by atoms with van der Waals surface area (Å²) < 4.78 is 0. The minimum atomic E-state index is 0.203. The second kappa shape index (κ2) is 5.99. The molecule has 0 aromatic heterocycles. The summed E-state index contributed by atoms with van der Waals surface area (Å²) >= 11 is 6.12. The summed E-state index contributed by atoms with van der Waals surface area (Å²) in [7, 11) is 2.00. The number of rotatable bonds is 4. The summed E-state index contributed by atoms with van der Waals surface area (Å²) in [5.41, 5.74) is 4.01. The predicted octanol–water partition coefficient (Wildman–Crippen LogP) is 4.92. The van der Waals surface area contributed by atoms with Crippen LogP contribution in [0.5, 0.6) is 0 Å². The third-order valence-corrected chi connectivity index (χ3v) is 4.53. The van der Waals surface area contributed by atoms with Crippen LogP contribution in [-0.2, 0) is 0 Å². The Morgan fingerprint density at radius 1 is 1.05 bits per heavy atom. The Hall–Kier alpha value is -1.31. The molecule has 1 unspecified atom stereocenters. The van der Waals surface area contributed by atoms with Crippen molar-refractivity contribution in [3.8, 4) is 0 Å². The smallest absolute Gasteiger partial charge is 0.0574 e. The average molecular weight is 286 g/mol. The molecular weight excluding hydrogens is 266 g/mol. The number of hydrogen-bond donors (Lipinski definition) is 1. The first-order chi connectivity index (χ1) is 9.78. The lowest BCUT2D eigenvalue weighted by Crippen LogP contribution is -2.18. The van der Waals surface area contributed by atoms with Crippen LogP contribution in [0.2, 0.25) is 5.02 Å². The Labute approximate surface area is 126 Å². The highest BCUT2D eigenvalue weighted by Gasteiger charge is 2.20. The zero-order chi connectivity index (χ0) is 13.9. The van der Waals surface area contributed by atoms with Crippen LogP contribution in [-0.4, -0.2) is 7.05 Å². The molecule has 2 aromatic carbocycles. The molecule has 0 radical (unpaired) electrons. The molecule has 1 nitrogen and oxygen atoms in total. The SMILES string of the molecule is CNC(c1cccc(Cl)c1)c1cccc(C2CCC2)c1. The molecular formula is C18H20ClN. The van der Waals surface area contributed by atoms with Gasteiger partial charge in [0.05, 0.1) is 6.04 Å². The summed E-state index contributed by atoms with van der Waals surface area (Å²) in [6.07, 6.45) is 4.05. The Morgan fingerprint density at radius 3 is 2.35 bits per heavy atom. The molecule has 0 saturated heterocycles. The van der Waals surface area contributed by atoms with E-state index in [0.29, 0.717) is 0 Å². The van der Waals surface area contributed by atoms with Gasteiger partial charge in [0.15, 0.2) is 0 Å². The second-order valence-electron chi connectivity index (χ2n) is 5.57. The van der Waals surface area contributed by atoms with Gasteiger partial charge in [0.25, 0.3) is 0 Å². The van der Waals surface area contributed by atoms with Crippen LogP contribution in [0, 0.1) is 0 Å². The first-order valence-electron chi connectivity index (χ1n) is 7.30. The zero-order valence-corrected chi connectivity index (χ0v) is 12.5. The first kappa shape index (κ1) is 13.7. The highest BCUT2D eigenvalue weighted by atomic mass is 35.5. The largest absolute Gasteiger partial charge is 0.309 e. The van der Waals surface area contributed by atoms with Crippen molar-refractivity contribution in [1.82, 2.24) is 5.32 Å². The van der Waals surface area contributed by atoms with Crippen LogP contribution in [0.3, 0.4) is 0 Å². The van der Waals surface area contributed by atoms with Crippen LogP contribution in [0.15, 0.2) is 48.5 Å². The van der Waals surface area contributed by atoms with Gasteiger partial charge in [0.2, 0.25) is 0 Å². The normalized spacial score (nSPS) is 16.7. The van der Waals surface area contributed by atoms with Gasteiger partial charge in [-0.25, -0.2) is 0 Å². The fraction of sp³-hybridized carbons (Fsp3) is 0.333. The van der Waals surface area contributed by atoms with Crippen molar-refractivity contribution in [3.05, 3.63) is 70.2 Å². The van der Waals surface area contributed by atoms with Gasteiger partial charge in [-0.3, -0.25) is 0 Å². The Kier molecular flexibility index (Phi) is 4.09. The lowest BCUT2D eigenvalue weighted by molar-refractivity contribution is 0.419. The average Bonchev–Trinajstić information content (AvgIpc) is 2.38. The maximum absolute atomic E-state index is 6.12. The zero-order valence-electron chi connectivity index (χ0n) is 11.8. The minimum absolute atomic E-state index is 0.203. The van der Waals surface area contributed by atoms with Crippen LogP contribution in [0.1, 0.15) is 47.9 Å². The lowest BCUT2D eigenvalue weighted by Gasteiger charge is -2.27. The van der Waals surface area contributed by atoms with Crippen LogP contribution in [0.4, 0.5) is 0 Å². The topological polar surface area (TPSA) is 12.0 Å². The molecule has 2 heteroatoms. The minimum Gasteiger partial charge on any atom is -0.309 e. The van der Waals surface area contributed by atoms with E-state index in [1.807, 2.05) is 25.2 Å². The van der Waals surface area contributed by atoms with Crippen molar-refractivity contribution in [2.75, 3.05) is 7.05 Å². The van der Waals surface area contributed by atoms with Gasteiger partial charge in [-0.1, -0.05) is 54.4 Å². The van der Waals surface area contributed by atoms with E-state index in [9.17, 15) is 0 Å². The molecule has 1 atom stereocenters. The van der Waals surface area contributed by atoms with Crippen molar-refractivity contribution in [2.24, 2.45) is 0 Å². The fourth-order valence-electron chi connectivity index (χ4n) is 2.95. The van der Waals surface area contributed by atoms with Crippen molar-refractivity contribution in [3.63, 3.8) is 0 Å². The van der Waals surface area contributed by atoms with Gasteiger partial charge in [0.1, 0.15) is 0 Å². The third-order valence-electron chi connectivity index (χ3n) is 4.29. The number of nitrogens with one attached hydrogen (secondary N) is 1. The number of hydrogen-bond acceptors (Lipinski definition) is 1. The van der Waals surface area contributed by atoms with Crippen molar-refractivity contribution in [1.29, 1.82) is 0 Å². The lowest BCUT2D eigenvalue weighted by atomic mass is 9.79. The molecule has 0 amide bonds. The highest BCUT2D eigenvalue weighted by Crippen LogP contribution is 2.37. The summed E-state index contributed by atoms with van der Waals surface area (Å²) in [4.78, 5) is 0. The quantitative estimate of drug-likeness (QED) is 0.841. The summed E-state index contributed by atoms with van der Waals surface area (Å²) in [6.45, 7) is 0. The molecule has 1 N–H and O–H groups in total. The molecule has 1 aliphatic rings. The van der Waals surface area contributed by atoms with E-state index >= 15 is 0 Å². The molecule has 0 heterocycles. The number of halogens is 1. The Balaban J connectivity index is 1.92. The monoisotopic (exact) mass is 285 g/mol. The highest BCUT2D eigenvalue weighted by molar-refractivity contribution is 6.30. The van der Waals surface area contributed by atoms with Gasteiger partial charge in [-0.2, -0.15) is 0 Å². The van der Waals surface area contributed by atoms with Gasteiger partial charge in [0, 0.05) is 5.02 Å². The molecule has 1 aliphatic carbocycles. The van der Waals surface area contributed by atoms with Crippen LogP contribution >= 0.6 is 11.6 Å². The summed E-state index contributed by atoms with van der Waals surface area (Å²) in [5, 5.41) is 4.20. The predicted molar refractivity (Wildman–Crippen MR) is 85.4 cm³/mol. The second-order valence-corrected chi connectivity index (χ2v) is 6.01. The van der Waals surface area contributed by atoms with Crippen LogP contribution < -0.4 is 5.32 Å². The maximum Gasteiger partial charge on any atom is 0.0574 e. The fourth-order valence-corrected chi connectivity index (χ4v) is 3.14. The van der Waals surface area contributed by atoms with E-state index in [4.69, 9.17) is 11.6 Å². The molecule has 1 saturated carbocycles. The first-order valence-corrected chi connectivity index (χ1v) is 7.68. The van der Waals surface area contributed by atoms with E-state index in [-0.39, 0.29) is 6.04 Å². The van der Waals surface area contributed by atoms with E-state index in [0.717, 1.165) is 10.9 Å². The van der Waals surface area contributed by atoms with Crippen molar-refractivity contribution in [2.45, 2.75) is 31.2 Å². The van der Waals surface area contributed by atoms with E-state index < -0.39 is 0 Å². The standard InChI is InChI=1S/C18H20ClN/c1-20-18(16-9-4-10-17(19)12-16)15-8-3-7-14(11-15)13-5-2-6-13/h3-4,7-13,18,20H,2,5-6H2,1H3. The third kappa shape index (κ3) is 2.74. The van der Waals surface area contributed by atoms with Gasteiger partial charge in [-0.15, -0.1) is 0 Å². The molecule has 20 heavy (non-hydrogen) atoms. The van der Waals surface area contributed by atoms with Gasteiger partial charge >= 0.3 is 0 Å². The molecule has 0 bridgehead atoms. The summed E-state index contributed by atoms with van der Waals surface area (Å²) in [5.74, 6) is 0.770. The van der Waals surface area contributed by atoms with Crippen LogP contribution in [0.25, 0.3) is 0 Å². The van der Waals surface area contributed by atoms with E-state index in [1.165, 1.54) is 36.0 Å². The maximum atomic E-state index is 6.12. The van der Waals surface area contributed by atoms with E-state index in [2.05, 4.69) is 35.6 Å². The Morgan fingerprint density at radius 2 is 1.75 bits per heavy atom. The van der Waals surface area contributed by atoms with Gasteiger partial charge < -0.3 is 5.32 Å². The molecule has 1 fully saturated rings. The number of benzene rings is 2. The molecule has 2 aromatic rings. The molecule has 0 spiro atoms. The molecule has 104 valence electrons.